The fourth-order valence-corrected chi connectivity index (χ4v) is 6.09. The van der Waals surface area contributed by atoms with Crippen molar-refractivity contribution in [3.63, 3.8) is 0 Å². The van der Waals surface area contributed by atoms with Gasteiger partial charge < -0.3 is 19.4 Å². The molecule has 1 N–H and O–H groups in total. The number of ether oxygens (including phenoxy) is 2. The second-order valence-electron chi connectivity index (χ2n) is 8.51. The summed E-state index contributed by atoms with van der Waals surface area (Å²) >= 11 is 2.79. The zero-order valence-electron chi connectivity index (χ0n) is 20.3. The summed E-state index contributed by atoms with van der Waals surface area (Å²) in [7, 11) is 3.23. The Kier molecular flexibility index (Phi) is 8.46. The van der Waals surface area contributed by atoms with Gasteiger partial charge in [-0.2, -0.15) is 0 Å². The number of fused-ring (bicyclic) bond motifs is 1. The van der Waals surface area contributed by atoms with E-state index in [2.05, 4.69) is 15.5 Å². The smallest absolute Gasteiger partial charge is 0.341 e. The van der Waals surface area contributed by atoms with Crippen LogP contribution in [0.15, 0.2) is 29.4 Å². The van der Waals surface area contributed by atoms with Crippen LogP contribution in [0.2, 0.25) is 0 Å². The van der Waals surface area contributed by atoms with E-state index in [-0.39, 0.29) is 18.3 Å². The molecular weight excluding hydrogens is 484 g/mol. The Hall–Kier alpha value is -2.85. The zero-order valence-corrected chi connectivity index (χ0v) is 21.9. The summed E-state index contributed by atoms with van der Waals surface area (Å²) in [5.41, 5.74) is 2.67. The maximum atomic E-state index is 12.8. The van der Waals surface area contributed by atoms with Crippen molar-refractivity contribution < 1.29 is 19.1 Å². The number of esters is 1. The van der Waals surface area contributed by atoms with Crippen molar-refractivity contribution in [1.82, 2.24) is 14.8 Å². The Morgan fingerprint density at radius 2 is 1.97 bits per heavy atom. The SMILES string of the molecule is COC(=O)c1c(NC(=O)CSc2nnc(COc3cccc(C)c3)n2C)sc2c1CCCCCC2. The van der Waals surface area contributed by atoms with Gasteiger partial charge >= 0.3 is 5.97 Å². The molecule has 0 unspecified atom stereocenters. The van der Waals surface area contributed by atoms with E-state index < -0.39 is 5.97 Å². The molecule has 186 valence electrons. The van der Waals surface area contributed by atoms with Crippen molar-refractivity contribution in [2.24, 2.45) is 7.05 Å². The molecule has 0 fully saturated rings. The Labute approximate surface area is 213 Å². The minimum atomic E-state index is -0.391. The van der Waals surface area contributed by atoms with E-state index in [0.717, 1.165) is 49.0 Å². The molecule has 0 spiro atoms. The van der Waals surface area contributed by atoms with E-state index >= 15 is 0 Å². The number of amides is 1. The van der Waals surface area contributed by atoms with Crippen molar-refractivity contribution in [3.05, 3.63) is 51.7 Å². The minimum absolute atomic E-state index is 0.147. The van der Waals surface area contributed by atoms with E-state index in [4.69, 9.17) is 9.47 Å². The molecule has 2 aromatic heterocycles. The van der Waals surface area contributed by atoms with Gasteiger partial charge in [0.25, 0.3) is 0 Å². The first-order chi connectivity index (χ1) is 17.0. The Bertz CT molecular complexity index is 1200. The molecule has 2 heterocycles. The molecule has 0 bridgehead atoms. The lowest BCUT2D eigenvalue weighted by Crippen LogP contribution is -2.16. The lowest BCUT2D eigenvalue weighted by molar-refractivity contribution is -0.113. The molecule has 4 rings (SSSR count). The molecule has 0 aliphatic heterocycles. The molecule has 0 saturated heterocycles. The monoisotopic (exact) mass is 514 g/mol. The summed E-state index contributed by atoms with van der Waals surface area (Å²) < 4.78 is 12.7. The first-order valence-corrected chi connectivity index (χ1v) is 13.5. The van der Waals surface area contributed by atoms with Crippen molar-refractivity contribution >= 4 is 40.0 Å². The van der Waals surface area contributed by atoms with Crippen molar-refractivity contribution in [1.29, 1.82) is 0 Å². The van der Waals surface area contributed by atoms with E-state index in [1.165, 1.54) is 41.5 Å². The number of benzene rings is 1. The van der Waals surface area contributed by atoms with Crippen molar-refractivity contribution in [3.8, 4) is 5.75 Å². The van der Waals surface area contributed by atoms with Crippen LogP contribution in [0.3, 0.4) is 0 Å². The van der Waals surface area contributed by atoms with Crippen LogP contribution >= 0.6 is 23.1 Å². The largest absolute Gasteiger partial charge is 0.486 e. The van der Waals surface area contributed by atoms with Crippen LogP contribution in [0.1, 0.15) is 57.9 Å². The van der Waals surface area contributed by atoms with Crippen LogP contribution in [0.4, 0.5) is 5.00 Å². The van der Waals surface area contributed by atoms with Gasteiger partial charge in [-0.3, -0.25) is 4.79 Å². The van der Waals surface area contributed by atoms with Gasteiger partial charge in [-0.05, 0) is 55.9 Å². The Morgan fingerprint density at radius 1 is 1.17 bits per heavy atom. The fourth-order valence-electron chi connectivity index (χ4n) is 4.07. The molecule has 10 heteroatoms. The molecule has 0 atom stereocenters. The molecule has 1 aliphatic carbocycles. The van der Waals surface area contributed by atoms with E-state index in [1.807, 2.05) is 42.8 Å². The van der Waals surface area contributed by atoms with Gasteiger partial charge in [-0.1, -0.05) is 36.7 Å². The van der Waals surface area contributed by atoms with Gasteiger partial charge in [-0.25, -0.2) is 4.79 Å². The van der Waals surface area contributed by atoms with Gasteiger partial charge in [0.15, 0.2) is 11.0 Å². The first-order valence-electron chi connectivity index (χ1n) is 11.7. The number of thiophene rings is 1. The molecule has 1 aromatic carbocycles. The number of rotatable bonds is 8. The predicted octanol–water partition coefficient (Wildman–Crippen LogP) is 4.94. The average Bonchev–Trinajstić information content (AvgIpc) is 3.34. The quantitative estimate of drug-likeness (QED) is 0.336. The number of anilines is 1. The number of thioether (sulfide) groups is 1. The van der Waals surface area contributed by atoms with E-state index in [0.29, 0.717) is 21.5 Å². The number of aromatic nitrogens is 3. The van der Waals surface area contributed by atoms with Gasteiger partial charge in [0.1, 0.15) is 17.4 Å². The minimum Gasteiger partial charge on any atom is -0.486 e. The molecular formula is C25H30N4O4S2. The standard InChI is InChI=1S/C25H30N4O4S2/c1-16-9-8-10-17(13-16)33-14-20-27-28-25(29(20)2)34-15-21(30)26-23-22(24(31)32-3)18-11-6-4-5-7-12-19(18)35-23/h8-10,13H,4-7,11-12,14-15H2,1-3H3,(H,26,30). The van der Waals surface area contributed by atoms with E-state index in [9.17, 15) is 9.59 Å². The third kappa shape index (κ3) is 6.24. The fraction of sp³-hybridized carbons (Fsp3) is 0.440. The highest BCUT2D eigenvalue weighted by Gasteiger charge is 2.26. The van der Waals surface area contributed by atoms with Crippen LogP contribution in [0.5, 0.6) is 5.75 Å². The lowest BCUT2D eigenvalue weighted by Gasteiger charge is -2.11. The molecule has 8 nitrogen and oxygen atoms in total. The van der Waals surface area contributed by atoms with E-state index in [1.54, 1.807) is 0 Å². The van der Waals surface area contributed by atoms with Crippen LogP contribution in [-0.2, 0) is 36.0 Å². The topological polar surface area (TPSA) is 95.3 Å². The normalized spacial score (nSPS) is 13.5. The summed E-state index contributed by atoms with van der Waals surface area (Å²) in [6, 6.07) is 7.82. The number of hydrogen-bond donors (Lipinski definition) is 1. The zero-order chi connectivity index (χ0) is 24.8. The van der Waals surface area contributed by atoms with Crippen LogP contribution in [0, 0.1) is 6.92 Å². The third-order valence-electron chi connectivity index (χ3n) is 5.93. The molecule has 1 aliphatic rings. The number of aryl methyl sites for hydroxylation is 2. The van der Waals surface area contributed by atoms with Crippen LogP contribution < -0.4 is 10.1 Å². The summed E-state index contributed by atoms with van der Waals surface area (Å²) in [6.07, 6.45) is 6.26. The Morgan fingerprint density at radius 3 is 2.74 bits per heavy atom. The molecule has 0 saturated carbocycles. The van der Waals surface area contributed by atoms with Crippen molar-refractivity contribution in [2.75, 3.05) is 18.2 Å². The van der Waals surface area contributed by atoms with Crippen LogP contribution in [0.25, 0.3) is 0 Å². The summed E-state index contributed by atoms with van der Waals surface area (Å²) in [5.74, 6) is 0.995. The highest BCUT2D eigenvalue weighted by Crippen LogP contribution is 2.37. The van der Waals surface area contributed by atoms with Crippen molar-refractivity contribution in [2.45, 2.75) is 57.2 Å². The number of carbonyl (C=O) groups is 2. The lowest BCUT2D eigenvalue weighted by atomic mass is 9.96. The van der Waals surface area contributed by atoms with Gasteiger partial charge in [0.2, 0.25) is 5.91 Å². The first kappa shape index (κ1) is 25.2. The number of methoxy groups -OCH3 is 1. The molecule has 3 aromatic rings. The molecule has 35 heavy (non-hydrogen) atoms. The highest BCUT2D eigenvalue weighted by molar-refractivity contribution is 7.99. The number of carbonyl (C=O) groups excluding carboxylic acids is 2. The van der Waals surface area contributed by atoms with Gasteiger partial charge in [-0.15, -0.1) is 21.5 Å². The second-order valence-corrected chi connectivity index (χ2v) is 10.6. The maximum Gasteiger partial charge on any atom is 0.341 e. The highest BCUT2D eigenvalue weighted by atomic mass is 32.2. The average molecular weight is 515 g/mol. The summed E-state index contributed by atoms with van der Waals surface area (Å²) in [6.45, 7) is 2.29. The molecule has 0 radical (unpaired) electrons. The summed E-state index contributed by atoms with van der Waals surface area (Å²) in [5, 5.41) is 12.6. The predicted molar refractivity (Wildman–Crippen MR) is 137 cm³/mol. The maximum absolute atomic E-state index is 12.8. The summed E-state index contributed by atoms with van der Waals surface area (Å²) in [4.78, 5) is 26.5. The third-order valence-corrected chi connectivity index (χ3v) is 8.16. The number of hydrogen-bond acceptors (Lipinski definition) is 8. The number of nitrogens with one attached hydrogen (secondary N) is 1. The second kappa shape index (κ2) is 11.7. The molecule has 1 amide bonds. The van der Waals surface area contributed by atoms with Gasteiger partial charge in [0.05, 0.1) is 18.4 Å². The van der Waals surface area contributed by atoms with Gasteiger partial charge in [0, 0.05) is 11.9 Å². The number of nitrogens with zero attached hydrogens (tertiary/aromatic N) is 3. The van der Waals surface area contributed by atoms with Crippen LogP contribution in [-0.4, -0.2) is 39.5 Å². The Balaban J connectivity index is 1.39.